The van der Waals surface area contributed by atoms with E-state index in [2.05, 4.69) is 0 Å². The van der Waals surface area contributed by atoms with Crippen molar-refractivity contribution in [2.45, 2.75) is 32.0 Å². The molecule has 110 valence electrons. The number of ether oxygens (including phenoxy) is 1. The molecule has 1 N–H and O–H groups in total. The molecule has 1 aliphatic carbocycles. The molecule has 0 bridgehead atoms. The van der Waals surface area contributed by atoms with Gasteiger partial charge >= 0.3 is 0 Å². The molecule has 0 radical (unpaired) electrons. The van der Waals surface area contributed by atoms with Crippen LogP contribution in [0.25, 0.3) is 0 Å². The van der Waals surface area contributed by atoms with E-state index in [1.165, 1.54) is 0 Å². The number of hydrogen-bond acceptors (Lipinski definition) is 2. The largest absolute Gasteiger partial charge is 0.489 e. The molecular formula is C17H16F2O2. The van der Waals surface area contributed by atoms with E-state index in [1.807, 2.05) is 12.1 Å². The lowest BCUT2D eigenvalue weighted by Gasteiger charge is -2.23. The third-order valence-corrected chi connectivity index (χ3v) is 3.82. The standard InChI is InChI=1S/C17H16F2O2/c18-12-7-8-15(19)11(9-12)10-21-17-6-2-3-13-14(17)4-1-5-16(13)20/h2-3,6-9,16,20H,1,4-5,10H2. The fraction of sp³-hybridized carbons (Fsp3) is 0.294. The Morgan fingerprint density at radius 1 is 1.19 bits per heavy atom. The van der Waals surface area contributed by atoms with Gasteiger partial charge in [0.15, 0.2) is 0 Å². The number of fused-ring (bicyclic) bond motifs is 1. The molecule has 2 aromatic carbocycles. The van der Waals surface area contributed by atoms with Crippen molar-refractivity contribution in [1.82, 2.24) is 0 Å². The smallest absolute Gasteiger partial charge is 0.130 e. The molecule has 1 unspecified atom stereocenters. The lowest BCUT2D eigenvalue weighted by Crippen LogP contribution is -2.11. The van der Waals surface area contributed by atoms with E-state index in [0.29, 0.717) is 5.75 Å². The zero-order chi connectivity index (χ0) is 14.8. The van der Waals surface area contributed by atoms with Crippen LogP contribution in [0.3, 0.4) is 0 Å². The van der Waals surface area contributed by atoms with Crippen molar-refractivity contribution < 1.29 is 18.6 Å². The number of aliphatic hydroxyl groups is 1. The van der Waals surface area contributed by atoms with Crippen LogP contribution in [-0.4, -0.2) is 5.11 Å². The first-order valence-electron chi connectivity index (χ1n) is 7.02. The maximum absolute atomic E-state index is 13.6. The summed E-state index contributed by atoms with van der Waals surface area (Å²) in [5.41, 5.74) is 2.02. The predicted molar refractivity (Wildman–Crippen MR) is 75.0 cm³/mol. The molecule has 0 saturated carbocycles. The normalized spacial score (nSPS) is 17.4. The molecule has 3 rings (SSSR count). The second-order valence-corrected chi connectivity index (χ2v) is 5.26. The summed E-state index contributed by atoms with van der Waals surface area (Å²) in [5.74, 6) is -0.336. The summed E-state index contributed by atoms with van der Waals surface area (Å²) in [7, 11) is 0. The van der Waals surface area contributed by atoms with Crippen LogP contribution in [0, 0.1) is 11.6 Å². The van der Waals surface area contributed by atoms with Gasteiger partial charge in [0.05, 0.1) is 6.10 Å². The number of hydrogen-bond donors (Lipinski definition) is 1. The maximum Gasteiger partial charge on any atom is 0.130 e. The SMILES string of the molecule is OC1CCCc2c(OCc3cc(F)ccc3F)cccc21. The highest BCUT2D eigenvalue weighted by Gasteiger charge is 2.21. The Kier molecular flexibility index (Phi) is 3.88. The minimum atomic E-state index is -0.486. The fourth-order valence-corrected chi connectivity index (χ4v) is 2.73. The molecule has 0 heterocycles. The van der Waals surface area contributed by atoms with Crippen LogP contribution < -0.4 is 4.74 Å². The summed E-state index contributed by atoms with van der Waals surface area (Å²) in [6.45, 7) is -0.0316. The van der Waals surface area contributed by atoms with Crippen molar-refractivity contribution in [2.24, 2.45) is 0 Å². The molecule has 4 heteroatoms. The van der Waals surface area contributed by atoms with Gasteiger partial charge in [-0.05, 0) is 54.7 Å². The molecule has 0 amide bonds. The Hall–Kier alpha value is -1.94. The minimum absolute atomic E-state index is 0.0316. The Morgan fingerprint density at radius 3 is 2.90 bits per heavy atom. The molecule has 0 fully saturated rings. The lowest BCUT2D eigenvalue weighted by atomic mass is 9.89. The first kappa shape index (κ1) is 14.0. The molecule has 1 aliphatic rings. The van der Waals surface area contributed by atoms with E-state index < -0.39 is 17.7 Å². The van der Waals surface area contributed by atoms with E-state index in [4.69, 9.17) is 4.74 Å². The number of halogens is 2. The van der Waals surface area contributed by atoms with Crippen LogP contribution in [0.5, 0.6) is 5.75 Å². The topological polar surface area (TPSA) is 29.5 Å². The van der Waals surface area contributed by atoms with E-state index in [9.17, 15) is 13.9 Å². The highest BCUT2D eigenvalue weighted by atomic mass is 19.1. The number of benzene rings is 2. The average molecular weight is 290 g/mol. The molecule has 0 saturated heterocycles. The van der Waals surface area contributed by atoms with Gasteiger partial charge in [-0.25, -0.2) is 8.78 Å². The lowest BCUT2D eigenvalue weighted by molar-refractivity contribution is 0.155. The van der Waals surface area contributed by atoms with Gasteiger partial charge < -0.3 is 9.84 Å². The zero-order valence-corrected chi connectivity index (χ0v) is 11.5. The third kappa shape index (κ3) is 2.90. The average Bonchev–Trinajstić information content (AvgIpc) is 2.49. The van der Waals surface area contributed by atoms with Crippen molar-refractivity contribution in [3.8, 4) is 5.75 Å². The zero-order valence-electron chi connectivity index (χ0n) is 11.5. The second-order valence-electron chi connectivity index (χ2n) is 5.26. The van der Waals surface area contributed by atoms with E-state index >= 15 is 0 Å². The summed E-state index contributed by atoms with van der Waals surface area (Å²) in [5, 5.41) is 9.99. The van der Waals surface area contributed by atoms with Gasteiger partial charge in [-0.2, -0.15) is 0 Å². The third-order valence-electron chi connectivity index (χ3n) is 3.82. The van der Waals surface area contributed by atoms with Crippen molar-refractivity contribution in [3.05, 3.63) is 64.7 Å². The van der Waals surface area contributed by atoms with Crippen LogP contribution in [-0.2, 0) is 13.0 Å². The number of aliphatic hydroxyl groups excluding tert-OH is 1. The van der Waals surface area contributed by atoms with Crippen molar-refractivity contribution in [3.63, 3.8) is 0 Å². The van der Waals surface area contributed by atoms with Crippen molar-refractivity contribution >= 4 is 0 Å². The van der Waals surface area contributed by atoms with Gasteiger partial charge in [0, 0.05) is 5.56 Å². The quantitative estimate of drug-likeness (QED) is 0.928. The van der Waals surface area contributed by atoms with Crippen LogP contribution in [0.15, 0.2) is 36.4 Å². The van der Waals surface area contributed by atoms with Crippen LogP contribution >= 0.6 is 0 Å². The molecule has 2 nitrogen and oxygen atoms in total. The maximum atomic E-state index is 13.6. The van der Waals surface area contributed by atoms with E-state index in [-0.39, 0.29) is 12.2 Å². The molecule has 0 aromatic heterocycles. The highest BCUT2D eigenvalue weighted by molar-refractivity contribution is 5.43. The fourth-order valence-electron chi connectivity index (χ4n) is 2.73. The molecule has 21 heavy (non-hydrogen) atoms. The van der Waals surface area contributed by atoms with Gasteiger partial charge in [-0.1, -0.05) is 12.1 Å². The summed E-state index contributed by atoms with van der Waals surface area (Å²) in [6.07, 6.45) is 2.00. The van der Waals surface area contributed by atoms with Gasteiger partial charge in [-0.3, -0.25) is 0 Å². The van der Waals surface area contributed by atoms with Crippen molar-refractivity contribution in [1.29, 1.82) is 0 Å². The minimum Gasteiger partial charge on any atom is -0.489 e. The first-order valence-corrected chi connectivity index (χ1v) is 7.02. The second kappa shape index (κ2) is 5.82. The Balaban J connectivity index is 1.83. The van der Waals surface area contributed by atoms with Crippen LogP contribution in [0.1, 0.15) is 35.6 Å². The van der Waals surface area contributed by atoms with Crippen LogP contribution in [0.4, 0.5) is 8.78 Å². The van der Waals surface area contributed by atoms with Crippen LogP contribution in [0.2, 0.25) is 0 Å². The monoisotopic (exact) mass is 290 g/mol. The van der Waals surface area contributed by atoms with Crippen molar-refractivity contribution in [2.75, 3.05) is 0 Å². The highest BCUT2D eigenvalue weighted by Crippen LogP contribution is 2.35. The van der Waals surface area contributed by atoms with Gasteiger partial charge in [-0.15, -0.1) is 0 Å². The summed E-state index contributed by atoms with van der Waals surface area (Å²) in [6, 6.07) is 8.81. The van der Waals surface area contributed by atoms with Gasteiger partial charge in [0.25, 0.3) is 0 Å². The molecule has 0 aliphatic heterocycles. The predicted octanol–water partition coefficient (Wildman–Crippen LogP) is 3.91. The van der Waals surface area contributed by atoms with Gasteiger partial charge in [0.2, 0.25) is 0 Å². The molecule has 2 aromatic rings. The Labute approximate surface area is 122 Å². The Bertz CT molecular complexity index is 655. The number of rotatable bonds is 3. The summed E-state index contributed by atoms with van der Waals surface area (Å²) >= 11 is 0. The summed E-state index contributed by atoms with van der Waals surface area (Å²) in [4.78, 5) is 0. The van der Waals surface area contributed by atoms with Gasteiger partial charge in [0.1, 0.15) is 24.0 Å². The molecule has 0 spiro atoms. The van der Waals surface area contributed by atoms with E-state index in [0.717, 1.165) is 48.6 Å². The molecule has 1 atom stereocenters. The molecular weight excluding hydrogens is 274 g/mol. The first-order chi connectivity index (χ1) is 10.1. The summed E-state index contributed by atoms with van der Waals surface area (Å²) < 4.78 is 32.4. The Morgan fingerprint density at radius 2 is 2.05 bits per heavy atom. The van der Waals surface area contributed by atoms with E-state index in [1.54, 1.807) is 6.07 Å².